The number of hydrogen-bond acceptors (Lipinski definition) is 3. The molecule has 0 amide bonds. The summed E-state index contributed by atoms with van der Waals surface area (Å²) in [6.07, 6.45) is -4.80. The molecule has 116 valence electrons. The van der Waals surface area contributed by atoms with Crippen LogP contribution >= 0.6 is 0 Å². The summed E-state index contributed by atoms with van der Waals surface area (Å²) in [4.78, 5) is 10.7. The minimum atomic E-state index is -4.80. The highest BCUT2D eigenvalue weighted by atomic mass is 19.4. The van der Waals surface area contributed by atoms with Crippen molar-refractivity contribution in [2.45, 2.75) is 13.0 Å². The van der Waals surface area contributed by atoms with E-state index in [1.807, 2.05) is 0 Å². The summed E-state index contributed by atoms with van der Waals surface area (Å²) in [5, 5.41) is 8.77. The number of halogens is 3. The van der Waals surface area contributed by atoms with Gasteiger partial charge in [-0.05, 0) is 29.8 Å². The number of ether oxygens (including phenoxy) is 2. The van der Waals surface area contributed by atoms with Gasteiger partial charge in [0.1, 0.15) is 6.61 Å². The summed E-state index contributed by atoms with van der Waals surface area (Å²) in [7, 11) is 0. The van der Waals surface area contributed by atoms with E-state index < -0.39 is 18.1 Å². The first kappa shape index (κ1) is 15.7. The van der Waals surface area contributed by atoms with Gasteiger partial charge in [0.15, 0.2) is 11.5 Å². The van der Waals surface area contributed by atoms with Gasteiger partial charge >= 0.3 is 12.3 Å². The fraction of sp³-hybridized carbons (Fsp3) is 0.133. The van der Waals surface area contributed by atoms with E-state index in [1.54, 1.807) is 0 Å². The van der Waals surface area contributed by atoms with Crippen molar-refractivity contribution < 1.29 is 32.5 Å². The number of alkyl halides is 3. The van der Waals surface area contributed by atoms with Crippen molar-refractivity contribution in [2.75, 3.05) is 0 Å². The summed E-state index contributed by atoms with van der Waals surface area (Å²) in [5.41, 5.74) is 0.733. The van der Waals surface area contributed by atoms with Crippen LogP contribution in [0.3, 0.4) is 0 Å². The topological polar surface area (TPSA) is 55.8 Å². The van der Waals surface area contributed by atoms with Gasteiger partial charge in [-0.2, -0.15) is 0 Å². The molecule has 2 aromatic rings. The Morgan fingerprint density at radius 2 is 1.59 bits per heavy atom. The molecule has 7 heteroatoms. The highest BCUT2D eigenvalue weighted by Gasteiger charge is 2.32. The van der Waals surface area contributed by atoms with Crippen molar-refractivity contribution in [3.63, 3.8) is 0 Å². The predicted octanol–water partition coefficient (Wildman–Crippen LogP) is 3.86. The Morgan fingerprint density at radius 3 is 2.14 bits per heavy atom. The van der Waals surface area contributed by atoms with Crippen molar-refractivity contribution in [1.82, 2.24) is 0 Å². The molecule has 2 aromatic carbocycles. The van der Waals surface area contributed by atoms with Gasteiger partial charge in [-0.15, -0.1) is 13.2 Å². The summed E-state index contributed by atoms with van der Waals surface area (Å²) in [5.74, 6) is -1.55. The molecule has 0 bridgehead atoms. The number of aromatic carboxylic acids is 1. The lowest BCUT2D eigenvalue weighted by Gasteiger charge is -2.14. The monoisotopic (exact) mass is 312 g/mol. The van der Waals surface area contributed by atoms with Crippen LogP contribution in [-0.2, 0) is 6.61 Å². The fourth-order valence-corrected chi connectivity index (χ4v) is 1.68. The second kappa shape index (κ2) is 6.38. The quantitative estimate of drug-likeness (QED) is 0.911. The van der Waals surface area contributed by atoms with Gasteiger partial charge in [0.05, 0.1) is 5.56 Å². The maximum atomic E-state index is 12.3. The second-order valence-corrected chi connectivity index (χ2v) is 4.29. The van der Waals surface area contributed by atoms with Crippen LogP contribution in [0.2, 0.25) is 0 Å². The summed E-state index contributed by atoms with van der Waals surface area (Å²) in [6, 6.07) is 11.2. The van der Waals surface area contributed by atoms with E-state index >= 15 is 0 Å². The molecule has 0 heterocycles. The minimum absolute atomic E-state index is 0.0157. The lowest BCUT2D eigenvalue weighted by Crippen LogP contribution is -2.17. The third kappa shape index (κ3) is 4.41. The van der Waals surface area contributed by atoms with Crippen molar-refractivity contribution >= 4 is 5.97 Å². The first-order valence-electron chi connectivity index (χ1n) is 6.15. The molecule has 0 radical (unpaired) electrons. The molecule has 0 saturated heterocycles. The maximum Gasteiger partial charge on any atom is 0.573 e. The second-order valence-electron chi connectivity index (χ2n) is 4.29. The molecule has 0 aliphatic rings. The molecule has 22 heavy (non-hydrogen) atoms. The molecule has 0 fully saturated rings. The maximum absolute atomic E-state index is 12.3. The highest BCUT2D eigenvalue weighted by Crippen LogP contribution is 2.32. The lowest BCUT2D eigenvalue weighted by atomic mass is 10.1. The summed E-state index contributed by atoms with van der Waals surface area (Å²) >= 11 is 0. The van der Waals surface area contributed by atoms with Crippen LogP contribution in [-0.4, -0.2) is 17.4 Å². The molecule has 0 unspecified atom stereocenters. The van der Waals surface area contributed by atoms with Gasteiger partial charge in [0.25, 0.3) is 0 Å². The molecule has 0 aromatic heterocycles. The van der Waals surface area contributed by atoms with Crippen molar-refractivity contribution in [3.8, 4) is 11.5 Å². The van der Waals surface area contributed by atoms with E-state index in [2.05, 4.69) is 4.74 Å². The van der Waals surface area contributed by atoms with Gasteiger partial charge in [0, 0.05) is 0 Å². The van der Waals surface area contributed by atoms with Crippen molar-refractivity contribution in [1.29, 1.82) is 0 Å². The summed E-state index contributed by atoms with van der Waals surface area (Å²) < 4.78 is 46.0. The number of carboxylic acids is 1. The van der Waals surface area contributed by atoms with Crippen LogP contribution < -0.4 is 9.47 Å². The number of carboxylic acid groups (broad SMARTS) is 1. The number of para-hydroxylation sites is 2. The van der Waals surface area contributed by atoms with Gasteiger partial charge < -0.3 is 14.6 Å². The normalized spacial score (nSPS) is 11.0. The van der Waals surface area contributed by atoms with Crippen LogP contribution in [0.5, 0.6) is 11.5 Å². The van der Waals surface area contributed by atoms with Gasteiger partial charge in [-0.25, -0.2) is 4.79 Å². The Bertz CT molecular complexity index is 651. The summed E-state index contributed by atoms with van der Waals surface area (Å²) in [6.45, 7) is -0.0157. The van der Waals surface area contributed by atoms with Crippen molar-refractivity contribution in [2.24, 2.45) is 0 Å². The lowest BCUT2D eigenvalue weighted by molar-refractivity contribution is -0.275. The molecule has 0 saturated carbocycles. The van der Waals surface area contributed by atoms with Crippen LogP contribution in [0.25, 0.3) is 0 Å². The van der Waals surface area contributed by atoms with E-state index in [4.69, 9.17) is 9.84 Å². The van der Waals surface area contributed by atoms with E-state index in [-0.39, 0.29) is 17.9 Å². The zero-order chi connectivity index (χ0) is 16.2. The fourth-order valence-electron chi connectivity index (χ4n) is 1.68. The average Bonchev–Trinajstić information content (AvgIpc) is 2.45. The molecular formula is C15H11F3O4. The zero-order valence-corrected chi connectivity index (χ0v) is 11.1. The Labute approximate surface area is 123 Å². The molecule has 0 atom stereocenters. The van der Waals surface area contributed by atoms with E-state index in [1.165, 1.54) is 42.5 Å². The predicted molar refractivity (Wildman–Crippen MR) is 70.9 cm³/mol. The molecule has 2 rings (SSSR count). The number of carbonyl (C=O) groups is 1. The standard InChI is InChI=1S/C15H11F3O4/c16-15(17,18)22-13-4-2-1-3-12(13)21-9-10-5-7-11(8-6-10)14(19)20/h1-8H,9H2,(H,19,20). The number of benzene rings is 2. The molecule has 0 spiro atoms. The Kier molecular flexibility index (Phi) is 4.55. The highest BCUT2D eigenvalue weighted by molar-refractivity contribution is 5.87. The molecule has 0 aliphatic carbocycles. The van der Waals surface area contributed by atoms with E-state index in [9.17, 15) is 18.0 Å². The van der Waals surface area contributed by atoms with Crippen molar-refractivity contribution in [3.05, 3.63) is 59.7 Å². The van der Waals surface area contributed by atoms with E-state index in [0.717, 1.165) is 6.07 Å². The largest absolute Gasteiger partial charge is 0.573 e. The minimum Gasteiger partial charge on any atom is -0.485 e. The van der Waals surface area contributed by atoms with Crippen LogP contribution in [0, 0.1) is 0 Å². The molecule has 1 N–H and O–H groups in total. The third-order valence-electron chi connectivity index (χ3n) is 2.67. The molecule has 0 aliphatic heterocycles. The molecular weight excluding hydrogens is 301 g/mol. The van der Waals surface area contributed by atoms with Crippen LogP contribution in [0.15, 0.2) is 48.5 Å². The Hall–Kier alpha value is -2.70. The number of rotatable bonds is 5. The Morgan fingerprint density at radius 1 is 1.00 bits per heavy atom. The van der Waals surface area contributed by atoms with E-state index in [0.29, 0.717) is 5.56 Å². The average molecular weight is 312 g/mol. The van der Waals surface area contributed by atoms with Crippen LogP contribution in [0.1, 0.15) is 15.9 Å². The first-order chi connectivity index (χ1) is 10.3. The van der Waals surface area contributed by atoms with Gasteiger partial charge in [0.2, 0.25) is 0 Å². The zero-order valence-electron chi connectivity index (χ0n) is 11.1. The Balaban J connectivity index is 2.06. The number of hydrogen-bond donors (Lipinski definition) is 1. The smallest absolute Gasteiger partial charge is 0.485 e. The molecule has 4 nitrogen and oxygen atoms in total. The van der Waals surface area contributed by atoms with Crippen LogP contribution in [0.4, 0.5) is 13.2 Å². The SMILES string of the molecule is O=C(O)c1ccc(COc2ccccc2OC(F)(F)F)cc1. The van der Waals surface area contributed by atoms with Gasteiger partial charge in [-0.3, -0.25) is 0 Å². The third-order valence-corrected chi connectivity index (χ3v) is 2.67. The van der Waals surface area contributed by atoms with Gasteiger partial charge in [-0.1, -0.05) is 24.3 Å². The first-order valence-corrected chi connectivity index (χ1v) is 6.15.